The van der Waals surface area contributed by atoms with E-state index < -0.39 is 0 Å². The van der Waals surface area contributed by atoms with E-state index in [9.17, 15) is 5.26 Å². The number of nitrogens with zero attached hydrogens (tertiary/aromatic N) is 7. The van der Waals surface area contributed by atoms with E-state index in [-0.39, 0.29) is 6.23 Å². The Morgan fingerprint density at radius 3 is 2.70 bits per heavy atom. The summed E-state index contributed by atoms with van der Waals surface area (Å²) in [7, 11) is 3.61. The van der Waals surface area contributed by atoms with Crippen LogP contribution in [0.3, 0.4) is 0 Å². The molecule has 1 aromatic carbocycles. The molecule has 5 heterocycles. The number of rotatable bonds is 7. The third-order valence-electron chi connectivity index (χ3n) is 6.97. The molecule has 0 radical (unpaired) electrons. The summed E-state index contributed by atoms with van der Waals surface area (Å²) < 4.78 is 15.9. The number of benzene rings is 1. The highest BCUT2D eigenvalue weighted by Crippen LogP contribution is 2.37. The van der Waals surface area contributed by atoms with Gasteiger partial charge in [-0.2, -0.15) is 5.26 Å². The van der Waals surface area contributed by atoms with Gasteiger partial charge in [-0.25, -0.2) is 19.9 Å². The van der Waals surface area contributed by atoms with Crippen LogP contribution in [0, 0.1) is 18.3 Å². The van der Waals surface area contributed by atoms with Crippen LogP contribution >= 0.6 is 0 Å². The first-order valence-corrected chi connectivity index (χ1v) is 13.1. The number of anilines is 4. The second-order valence-corrected chi connectivity index (χ2v) is 9.65. The van der Waals surface area contributed by atoms with Crippen molar-refractivity contribution in [3.63, 3.8) is 0 Å². The van der Waals surface area contributed by atoms with Gasteiger partial charge in [-0.05, 0) is 50.5 Å². The minimum Gasteiger partial charge on any atom is -0.495 e. The molecular formula is C29H29N9O2. The molecule has 202 valence electrons. The van der Waals surface area contributed by atoms with Crippen LogP contribution in [0.25, 0.3) is 22.4 Å². The standard InChI is InChI=1S/C29H29N9O2/c1-18-32-28-22(34-21-11-10-19(13-24(21)39-3)23-16-31-17-37(23)2)14-26(35-25-8-6-7-20(15-30)33-25)36-29(28)38(18)27-9-4-5-12-40-27/h6-8,10-11,13-14,16-17,27H,4-5,9,12H2,1-3H3,(H2,33,34,35,36). The number of nitrogens with one attached hydrogen (secondary N) is 2. The highest BCUT2D eigenvalue weighted by molar-refractivity contribution is 5.92. The van der Waals surface area contributed by atoms with Gasteiger partial charge in [0.1, 0.15) is 46.7 Å². The van der Waals surface area contributed by atoms with Crippen molar-refractivity contribution in [2.45, 2.75) is 32.4 Å². The summed E-state index contributed by atoms with van der Waals surface area (Å²) >= 11 is 0. The highest BCUT2D eigenvalue weighted by Gasteiger charge is 2.24. The minimum atomic E-state index is -0.137. The molecule has 0 spiro atoms. The second-order valence-electron chi connectivity index (χ2n) is 9.65. The Hall–Kier alpha value is -4.95. The summed E-state index contributed by atoms with van der Waals surface area (Å²) in [5.74, 6) is 2.57. The molecular weight excluding hydrogens is 506 g/mol. The first-order valence-electron chi connectivity index (χ1n) is 13.1. The van der Waals surface area contributed by atoms with Crippen LogP contribution in [-0.4, -0.2) is 42.8 Å². The second kappa shape index (κ2) is 10.7. The lowest BCUT2D eigenvalue weighted by atomic mass is 10.1. The summed E-state index contributed by atoms with van der Waals surface area (Å²) in [5, 5.41) is 16.1. The quantitative estimate of drug-likeness (QED) is 0.274. The van der Waals surface area contributed by atoms with E-state index in [0.717, 1.165) is 47.7 Å². The number of aromatic nitrogens is 6. The molecule has 0 saturated carbocycles. The van der Waals surface area contributed by atoms with Gasteiger partial charge in [-0.3, -0.25) is 4.57 Å². The number of hydrogen-bond donors (Lipinski definition) is 2. The van der Waals surface area contributed by atoms with Crippen molar-refractivity contribution in [1.29, 1.82) is 5.26 Å². The van der Waals surface area contributed by atoms with Crippen molar-refractivity contribution in [1.82, 2.24) is 29.1 Å². The molecule has 1 aliphatic heterocycles. The average Bonchev–Trinajstić information content (AvgIpc) is 3.56. The molecule has 5 aromatic rings. The third kappa shape index (κ3) is 4.81. The topological polar surface area (TPSA) is 128 Å². The van der Waals surface area contributed by atoms with Crippen molar-refractivity contribution in [3.05, 3.63) is 66.5 Å². The van der Waals surface area contributed by atoms with Gasteiger partial charge < -0.3 is 24.7 Å². The molecule has 1 atom stereocenters. The zero-order valence-electron chi connectivity index (χ0n) is 22.5. The normalized spacial score (nSPS) is 15.1. The number of pyridine rings is 2. The Morgan fingerprint density at radius 1 is 1.05 bits per heavy atom. The third-order valence-corrected chi connectivity index (χ3v) is 6.97. The largest absolute Gasteiger partial charge is 0.495 e. The Kier molecular flexibility index (Phi) is 6.76. The van der Waals surface area contributed by atoms with Crippen LogP contribution < -0.4 is 15.4 Å². The van der Waals surface area contributed by atoms with Gasteiger partial charge in [0.05, 0.1) is 36.7 Å². The van der Waals surface area contributed by atoms with Crippen molar-refractivity contribution in [3.8, 4) is 23.1 Å². The van der Waals surface area contributed by atoms with E-state index in [1.165, 1.54) is 0 Å². The van der Waals surface area contributed by atoms with Crippen LogP contribution in [0.1, 0.15) is 37.0 Å². The zero-order valence-corrected chi connectivity index (χ0v) is 22.5. The lowest BCUT2D eigenvalue weighted by molar-refractivity contribution is -0.0308. The first-order chi connectivity index (χ1) is 19.5. The van der Waals surface area contributed by atoms with Crippen molar-refractivity contribution >= 4 is 34.2 Å². The number of aryl methyl sites for hydroxylation is 2. The van der Waals surface area contributed by atoms with E-state index >= 15 is 0 Å². The molecule has 2 N–H and O–H groups in total. The van der Waals surface area contributed by atoms with Gasteiger partial charge in [0.25, 0.3) is 0 Å². The van der Waals surface area contributed by atoms with Crippen LogP contribution in [0.2, 0.25) is 0 Å². The molecule has 11 nitrogen and oxygen atoms in total. The van der Waals surface area contributed by atoms with Crippen LogP contribution in [-0.2, 0) is 11.8 Å². The zero-order chi connectivity index (χ0) is 27.6. The molecule has 6 rings (SSSR count). The molecule has 1 fully saturated rings. The summed E-state index contributed by atoms with van der Waals surface area (Å²) in [6.45, 7) is 2.68. The van der Waals surface area contributed by atoms with Crippen LogP contribution in [0.4, 0.5) is 23.0 Å². The smallest absolute Gasteiger partial charge is 0.166 e. The van der Waals surface area contributed by atoms with Crippen LogP contribution in [0.15, 0.2) is 55.0 Å². The summed E-state index contributed by atoms with van der Waals surface area (Å²) in [5.41, 5.74) is 5.22. The van der Waals surface area contributed by atoms with Crippen molar-refractivity contribution in [2.75, 3.05) is 24.4 Å². The molecule has 0 aliphatic carbocycles. The molecule has 1 saturated heterocycles. The Labute approximate surface area is 231 Å². The van der Waals surface area contributed by atoms with Gasteiger partial charge in [-0.15, -0.1) is 0 Å². The molecule has 40 heavy (non-hydrogen) atoms. The monoisotopic (exact) mass is 535 g/mol. The number of imidazole rings is 2. The molecule has 1 unspecified atom stereocenters. The van der Waals surface area contributed by atoms with E-state index in [2.05, 4.69) is 31.2 Å². The average molecular weight is 536 g/mol. The molecule has 0 bridgehead atoms. The molecule has 0 amide bonds. The number of fused-ring (bicyclic) bond motifs is 1. The molecule has 11 heteroatoms. The number of methoxy groups -OCH3 is 1. The van der Waals surface area contributed by atoms with Gasteiger partial charge in [0.15, 0.2) is 5.65 Å². The van der Waals surface area contributed by atoms with Crippen molar-refractivity contribution in [2.24, 2.45) is 7.05 Å². The maximum atomic E-state index is 9.30. The Bertz CT molecular complexity index is 1730. The first kappa shape index (κ1) is 25.3. The van der Waals surface area contributed by atoms with Crippen molar-refractivity contribution < 1.29 is 9.47 Å². The summed E-state index contributed by atoms with van der Waals surface area (Å²) in [6, 6.07) is 15.2. The minimum absolute atomic E-state index is 0.137. The number of nitriles is 1. The maximum absolute atomic E-state index is 9.30. The fourth-order valence-corrected chi connectivity index (χ4v) is 5.04. The number of hydrogen-bond acceptors (Lipinski definition) is 9. The van der Waals surface area contributed by atoms with Gasteiger partial charge in [0, 0.05) is 25.3 Å². The SMILES string of the molecule is COc1cc(-c2cncn2C)ccc1Nc1cc(Nc2cccc(C#N)n2)nc2c1nc(C)n2C1CCCCO1. The Morgan fingerprint density at radius 2 is 1.95 bits per heavy atom. The van der Waals surface area contributed by atoms with Gasteiger partial charge in [0.2, 0.25) is 0 Å². The lowest BCUT2D eigenvalue weighted by Gasteiger charge is -2.25. The van der Waals surface area contributed by atoms with Gasteiger partial charge in [-0.1, -0.05) is 12.1 Å². The Balaban J connectivity index is 1.44. The van der Waals surface area contributed by atoms with Gasteiger partial charge >= 0.3 is 0 Å². The highest BCUT2D eigenvalue weighted by atomic mass is 16.5. The van der Waals surface area contributed by atoms with E-state index in [0.29, 0.717) is 40.8 Å². The fourth-order valence-electron chi connectivity index (χ4n) is 5.04. The predicted octanol–water partition coefficient (Wildman–Crippen LogP) is 5.60. The maximum Gasteiger partial charge on any atom is 0.166 e. The molecule has 1 aliphatic rings. The summed E-state index contributed by atoms with van der Waals surface area (Å²) in [6.07, 6.45) is 6.48. The lowest BCUT2D eigenvalue weighted by Crippen LogP contribution is -2.19. The molecule has 4 aromatic heterocycles. The van der Waals surface area contributed by atoms with Crippen LogP contribution in [0.5, 0.6) is 5.75 Å². The van der Waals surface area contributed by atoms with E-state index in [4.69, 9.17) is 19.4 Å². The fraction of sp³-hybridized carbons (Fsp3) is 0.276. The van der Waals surface area contributed by atoms with E-state index in [1.807, 2.05) is 49.0 Å². The predicted molar refractivity (Wildman–Crippen MR) is 152 cm³/mol. The number of ether oxygens (including phenoxy) is 2. The summed E-state index contributed by atoms with van der Waals surface area (Å²) in [4.78, 5) is 18.4. The van der Waals surface area contributed by atoms with E-state index in [1.54, 1.807) is 31.6 Å².